The number of rotatable bonds is 6. The normalized spacial score (nSPS) is 28.9. The van der Waals surface area contributed by atoms with Gasteiger partial charge in [-0.05, 0) is 68.6 Å². The van der Waals surface area contributed by atoms with Crippen LogP contribution in [0.15, 0.2) is 58.3 Å². The van der Waals surface area contributed by atoms with Crippen LogP contribution in [0.3, 0.4) is 0 Å². The third-order valence-electron chi connectivity index (χ3n) is 9.08. The van der Waals surface area contributed by atoms with Crippen LogP contribution in [-0.4, -0.2) is 86.2 Å². The molecule has 2 aromatic rings. The van der Waals surface area contributed by atoms with E-state index in [-0.39, 0.29) is 48.2 Å². The maximum atomic E-state index is 11.0. The SMILES string of the molecule is CN1C2CCC1CC(OS(C)(=O)=O)C2.C[NH+]1C2CCC1CC(Sc1cccc(C(=O)[O-])c1)C2.O=C(O)c1cccc(S)c1.[H-].[Na+]. The van der Waals surface area contributed by atoms with Crippen LogP contribution in [-0.2, 0) is 14.3 Å². The number of piperidine rings is 2. The summed E-state index contributed by atoms with van der Waals surface area (Å²) in [7, 11) is 1.16. The standard InChI is InChI=1S/C15H19NO2S.C9H17NO3S.C7H6O2S.Na.H/c1-16-11-5-6-12(16)9-14(8-11)19-13-4-2-3-10(7-13)15(17)18;1-10-7-3-4-8(10)6-9(5-7)13-14(2,11)12;8-7(9)5-2-1-3-6(10)4-5;;/h2-4,7,11-12,14H,5-6,8-9H2,1H3,(H,17,18);7-9H,3-6H2,1-2H3;1-4,10H,(H,8,9);;/q;;;+1;-1. The van der Waals surface area contributed by atoms with Crippen LogP contribution in [0, 0.1) is 0 Å². The predicted molar refractivity (Wildman–Crippen MR) is 169 cm³/mol. The van der Waals surface area contributed by atoms with E-state index >= 15 is 0 Å². The number of carbonyl (C=O) groups is 2. The monoisotopic (exact) mass is 674 g/mol. The van der Waals surface area contributed by atoms with Gasteiger partial charge in [0.1, 0.15) is 0 Å². The van der Waals surface area contributed by atoms with Crippen LogP contribution >= 0.6 is 24.4 Å². The molecular weight excluding hydrogens is 632 g/mol. The first-order chi connectivity index (χ1) is 20.3. The average molecular weight is 675 g/mol. The topological polar surface area (TPSA) is 128 Å². The Labute approximate surface area is 294 Å². The van der Waals surface area contributed by atoms with Gasteiger partial charge >= 0.3 is 35.5 Å². The van der Waals surface area contributed by atoms with Crippen LogP contribution in [0.4, 0.5) is 0 Å². The molecule has 4 fully saturated rings. The summed E-state index contributed by atoms with van der Waals surface area (Å²) in [6.07, 6.45) is 10.4. The molecule has 4 aliphatic rings. The summed E-state index contributed by atoms with van der Waals surface area (Å²) < 4.78 is 27.0. The Bertz CT molecular complexity index is 1370. The molecule has 4 aliphatic heterocycles. The number of nitrogens with one attached hydrogen (secondary N) is 1. The Balaban J connectivity index is 0.000000242. The molecule has 4 unspecified atom stereocenters. The number of carboxylic acids is 2. The molecule has 44 heavy (non-hydrogen) atoms. The molecule has 2 aromatic carbocycles. The molecule has 238 valence electrons. The second kappa shape index (κ2) is 16.6. The number of hydrogen-bond acceptors (Lipinski definition) is 9. The van der Waals surface area contributed by atoms with Crippen LogP contribution < -0.4 is 39.6 Å². The van der Waals surface area contributed by atoms with Gasteiger partial charge < -0.3 is 26.2 Å². The molecule has 4 atom stereocenters. The summed E-state index contributed by atoms with van der Waals surface area (Å²) in [5.41, 5.74) is 0.555. The zero-order valence-electron chi connectivity index (χ0n) is 26.8. The van der Waals surface area contributed by atoms with Gasteiger partial charge in [-0.15, -0.1) is 24.4 Å². The fourth-order valence-electron chi connectivity index (χ4n) is 6.84. The van der Waals surface area contributed by atoms with Crippen molar-refractivity contribution in [2.24, 2.45) is 0 Å². The van der Waals surface area contributed by atoms with Crippen molar-refractivity contribution >= 4 is 46.4 Å². The van der Waals surface area contributed by atoms with Gasteiger partial charge in [0.2, 0.25) is 0 Å². The predicted octanol–water partition coefficient (Wildman–Crippen LogP) is -0.272. The number of carbonyl (C=O) groups excluding carboxylic acids is 1. The van der Waals surface area contributed by atoms with Gasteiger partial charge in [-0.3, -0.25) is 4.18 Å². The number of thioether (sulfide) groups is 1. The van der Waals surface area contributed by atoms with E-state index in [0.717, 1.165) is 36.1 Å². The summed E-state index contributed by atoms with van der Waals surface area (Å²) in [5.74, 6) is -2.01. The molecule has 0 saturated carbocycles. The van der Waals surface area contributed by atoms with Crippen molar-refractivity contribution in [3.63, 3.8) is 0 Å². The van der Waals surface area contributed by atoms with Gasteiger partial charge in [-0.25, -0.2) is 4.79 Å². The Morgan fingerprint density at radius 2 is 1.57 bits per heavy atom. The first kappa shape index (κ1) is 37.4. The van der Waals surface area contributed by atoms with E-state index < -0.39 is 22.1 Å². The van der Waals surface area contributed by atoms with Crippen molar-refractivity contribution in [3.05, 3.63) is 59.7 Å². The molecule has 0 amide bonds. The molecule has 0 aliphatic carbocycles. The van der Waals surface area contributed by atoms with Gasteiger partial charge in [0.15, 0.2) is 0 Å². The molecule has 6 rings (SSSR count). The van der Waals surface area contributed by atoms with Crippen molar-refractivity contribution < 1.29 is 68.3 Å². The van der Waals surface area contributed by atoms with E-state index in [0.29, 0.717) is 22.2 Å². The number of hydrogen-bond donors (Lipinski definition) is 3. The summed E-state index contributed by atoms with van der Waals surface area (Å²) in [5, 5.41) is 20.0. The number of fused-ring (bicyclic) bond motifs is 4. The quantitative estimate of drug-likeness (QED) is 0.216. The molecule has 4 bridgehead atoms. The number of thiol groups is 1. The van der Waals surface area contributed by atoms with E-state index in [1.54, 1.807) is 29.2 Å². The summed E-state index contributed by atoms with van der Waals surface area (Å²) in [6.45, 7) is 0. The average Bonchev–Trinajstić information content (AvgIpc) is 3.25. The number of carboxylic acid groups (broad SMARTS) is 2. The maximum Gasteiger partial charge on any atom is 1.00 e. The molecule has 2 N–H and O–H groups in total. The van der Waals surface area contributed by atoms with Gasteiger partial charge in [0, 0.05) is 52.8 Å². The summed E-state index contributed by atoms with van der Waals surface area (Å²) >= 11 is 5.83. The van der Waals surface area contributed by atoms with Gasteiger partial charge in [0.05, 0.1) is 43.0 Å². The second-order valence-corrected chi connectivity index (χ2v) is 15.5. The minimum atomic E-state index is -3.28. The first-order valence-corrected chi connectivity index (χ1v) is 17.9. The number of quaternary nitrogens is 1. The number of aromatic carboxylic acids is 2. The van der Waals surface area contributed by atoms with Gasteiger partial charge in [0.25, 0.3) is 10.1 Å². The van der Waals surface area contributed by atoms with Crippen molar-refractivity contribution in [3.8, 4) is 0 Å². The van der Waals surface area contributed by atoms with E-state index in [9.17, 15) is 23.1 Å². The summed E-state index contributed by atoms with van der Waals surface area (Å²) in [6, 6.07) is 16.2. The summed E-state index contributed by atoms with van der Waals surface area (Å²) in [4.78, 5) is 27.0. The van der Waals surface area contributed by atoms with Gasteiger partial charge in [-0.2, -0.15) is 8.42 Å². The van der Waals surface area contributed by atoms with Crippen molar-refractivity contribution in [2.75, 3.05) is 20.4 Å². The van der Waals surface area contributed by atoms with E-state index in [4.69, 9.17) is 9.29 Å². The minimum Gasteiger partial charge on any atom is -1.00 e. The van der Waals surface area contributed by atoms with Crippen LogP contribution in [0.1, 0.15) is 73.5 Å². The zero-order valence-corrected chi connectivity index (χ0v) is 30.4. The van der Waals surface area contributed by atoms with Crippen LogP contribution in [0.25, 0.3) is 0 Å². The first-order valence-electron chi connectivity index (χ1n) is 14.7. The van der Waals surface area contributed by atoms with Gasteiger partial charge in [-0.1, -0.05) is 18.2 Å². The molecule has 4 heterocycles. The van der Waals surface area contributed by atoms with Crippen LogP contribution in [0.5, 0.6) is 0 Å². The minimum absolute atomic E-state index is 0. The Hall–Kier alpha value is -1.09. The largest absolute Gasteiger partial charge is 1.00 e. The van der Waals surface area contributed by atoms with Crippen molar-refractivity contribution in [1.29, 1.82) is 0 Å². The molecule has 0 radical (unpaired) electrons. The molecule has 13 heteroatoms. The van der Waals surface area contributed by atoms with E-state index in [1.807, 2.05) is 23.9 Å². The molecule has 0 aromatic heterocycles. The van der Waals surface area contributed by atoms with Crippen molar-refractivity contribution in [2.45, 2.75) is 96.7 Å². The molecule has 0 spiro atoms. The van der Waals surface area contributed by atoms with Crippen LogP contribution in [0.2, 0.25) is 0 Å². The number of nitrogens with zero attached hydrogens (tertiary/aromatic N) is 1. The fourth-order valence-corrected chi connectivity index (χ4v) is 9.11. The fraction of sp³-hybridized carbons (Fsp3) is 0.548. The Morgan fingerprint density at radius 3 is 2.07 bits per heavy atom. The maximum absolute atomic E-state index is 11.0. The van der Waals surface area contributed by atoms with Crippen molar-refractivity contribution in [1.82, 2.24) is 4.90 Å². The zero-order chi connectivity index (χ0) is 31.3. The molecule has 4 saturated heterocycles. The molecular formula is C31H43N2NaO7S3. The third kappa shape index (κ3) is 10.7. The van der Waals surface area contributed by atoms with E-state index in [1.165, 1.54) is 50.7 Å². The Kier molecular flexibility index (Phi) is 14.1. The number of benzene rings is 2. The third-order valence-corrected chi connectivity index (χ3v) is 11.2. The van der Waals surface area contributed by atoms with E-state index in [2.05, 4.69) is 31.6 Å². The molecule has 9 nitrogen and oxygen atoms in total. The Morgan fingerprint density at radius 1 is 1.00 bits per heavy atom. The smallest absolute Gasteiger partial charge is 1.00 e. The second-order valence-electron chi connectivity index (χ2n) is 12.0.